The highest BCUT2D eigenvalue weighted by Gasteiger charge is 2.19. The zero-order valence-corrected chi connectivity index (χ0v) is 21.2. The van der Waals surface area contributed by atoms with E-state index in [0.29, 0.717) is 22.0 Å². The third-order valence-corrected chi connectivity index (χ3v) is 7.34. The zero-order chi connectivity index (χ0) is 24.9. The minimum Gasteiger partial charge on any atom is -0.370 e. The van der Waals surface area contributed by atoms with Crippen molar-refractivity contribution in [2.75, 3.05) is 18.0 Å². The van der Waals surface area contributed by atoms with E-state index in [9.17, 15) is 9.59 Å². The van der Waals surface area contributed by atoms with Crippen LogP contribution >= 0.6 is 11.6 Å². The standard InChI is InChI=1S/C26H29ClN6O2/c1-16-8-9-18(12-20(16)27)33-25(34)19(17(2)29-33)15-28-21-13-23-24(31(4)26(35)30(23)3)14-22(21)32-10-6-5-7-11-32/h8-9,12-15,29H,5-7,10-11H2,1-4H3. The molecule has 9 heteroatoms. The fourth-order valence-corrected chi connectivity index (χ4v) is 4.94. The molecule has 3 heterocycles. The Balaban J connectivity index is 1.61. The Morgan fingerprint density at radius 3 is 2.34 bits per heavy atom. The quantitative estimate of drug-likeness (QED) is 0.430. The maximum Gasteiger partial charge on any atom is 0.328 e. The van der Waals surface area contributed by atoms with Crippen molar-refractivity contribution < 1.29 is 0 Å². The number of hydrogen-bond donors (Lipinski definition) is 1. The number of aromatic nitrogens is 4. The summed E-state index contributed by atoms with van der Waals surface area (Å²) in [7, 11) is 3.55. The van der Waals surface area contributed by atoms with Gasteiger partial charge < -0.3 is 4.90 Å². The molecule has 1 aliphatic rings. The van der Waals surface area contributed by atoms with E-state index >= 15 is 0 Å². The van der Waals surface area contributed by atoms with Gasteiger partial charge in [0.2, 0.25) is 0 Å². The van der Waals surface area contributed by atoms with Gasteiger partial charge in [-0.05, 0) is 62.9 Å². The number of hydrogen-bond acceptors (Lipinski definition) is 4. The highest BCUT2D eigenvalue weighted by atomic mass is 35.5. The van der Waals surface area contributed by atoms with Crippen molar-refractivity contribution in [2.45, 2.75) is 33.1 Å². The number of imidazole rings is 1. The minimum atomic E-state index is -0.195. The number of nitrogens with one attached hydrogen (secondary N) is 1. The molecule has 0 radical (unpaired) electrons. The predicted octanol–water partition coefficient (Wildman–Crippen LogP) is 4.37. The number of aryl methyl sites for hydroxylation is 4. The molecule has 0 unspecified atom stereocenters. The maximum atomic E-state index is 13.2. The minimum absolute atomic E-state index is 0.0770. The van der Waals surface area contributed by atoms with E-state index < -0.39 is 0 Å². The van der Waals surface area contributed by atoms with Crippen LogP contribution in [0.2, 0.25) is 5.02 Å². The van der Waals surface area contributed by atoms with Crippen LogP contribution in [0, 0.1) is 13.8 Å². The number of rotatable bonds is 4. The summed E-state index contributed by atoms with van der Waals surface area (Å²) in [6, 6.07) is 9.51. The van der Waals surface area contributed by atoms with Crippen molar-refractivity contribution in [3.8, 4) is 5.69 Å². The lowest BCUT2D eigenvalue weighted by molar-refractivity contribution is 0.578. The molecule has 1 saturated heterocycles. The normalized spacial score (nSPS) is 14.5. The van der Waals surface area contributed by atoms with E-state index in [0.717, 1.165) is 53.9 Å². The SMILES string of the molecule is Cc1ccc(-n2[nH]c(C)c(C=Nc3cc4c(cc3N3CCCCC3)n(C)c(=O)n4C)c2=O)cc1Cl. The lowest BCUT2D eigenvalue weighted by Crippen LogP contribution is -2.29. The van der Waals surface area contributed by atoms with Crippen LogP contribution in [0.25, 0.3) is 16.7 Å². The van der Waals surface area contributed by atoms with Gasteiger partial charge in [-0.2, -0.15) is 0 Å². The highest BCUT2D eigenvalue weighted by Crippen LogP contribution is 2.34. The number of halogens is 1. The molecule has 5 rings (SSSR count). The summed E-state index contributed by atoms with van der Waals surface area (Å²) in [4.78, 5) is 32.9. The van der Waals surface area contributed by atoms with Crippen LogP contribution in [0.1, 0.15) is 36.1 Å². The molecule has 4 aromatic rings. The molecule has 2 aromatic carbocycles. The van der Waals surface area contributed by atoms with Gasteiger partial charge in [-0.15, -0.1) is 0 Å². The van der Waals surface area contributed by atoms with Gasteiger partial charge in [0.15, 0.2) is 0 Å². The summed E-state index contributed by atoms with van der Waals surface area (Å²) in [5.74, 6) is 0. The Morgan fingerprint density at radius 1 is 0.971 bits per heavy atom. The van der Waals surface area contributed by atoms with Crippen molar-refractivity contribution in [1.82, 2.24) is 18.9 Å². The average Bonchev–Trinajstić information content (AvgIpc) is 3.26. The number of piperidine rings is 1. The van der Waals surface area contributed by atoms with E-state index in [1.807, 2.05) is 38.1 Å². The van der Waals surface area contributed by atoms with E-state index in [2.05, 4.69) is 10.00 Å². The van der Waals surface area contributed by atoms with Crippen LogP contribution < -0.4 is 16.1 Å². The molecule has 0 bridgehead atoms. The molecule has 2 aromatic heterocycles. The van der Waals surface area contributed by atoms with Crippen molar-refractivity contribution in [2.24, 2.45) is 19.1 Å². The van der Waals surface area contributed by atoms with Crippen molar-refractivity contribution >= 4 is 40.2 Å². The number of anilines is 1. The van der Waals surface area contributed by atoms with Crippen LogP contribution in [0.4, 0.5) is 11.4 Å². The summed E-state index contributed by atoms with van der Waals surface area (Å²) in [5, 5.41) is 3.74. The van der Waals surface area contributed by atoms with E-state index in [1.54, 1.807) is 35.5 Å². The molecule has 0 amide bonds. The van der Waals surface area contributed by atoms with Gasteiger partial charge in [0.05, 0.1) is 33.7 Å². The van der Waals surface area contributed by atoms with Crippen LogP contribution in [0.15, 0.2) is 44.9 Å². The maximum absolute atomic E-state index is 13.2. The number of aliphatic imine (C=N–C) groups is 1. The molecular formula is C26H29ClN6O2. The number of nitrogens with zero attached hydrogens (tertiary/aromatic N) is 5. The number of H-pyrrole nitrogens is 1. The fraction of sp³-hybridized carbons (Fsp3) is 0.346. The summed E-state index contributed by atoms with van der Waals surface area (Å²) < 4.78 is 4.78. The summed E-state index contributed by atoms with van der Waals surface area (Å²) in [6.07, 6.45) is 5.08. The molecule has 182 valence electrons. The molecule has 0 spiro atoms. The van der Waals surface area contributed by atoms with Crippen molar-refractivity contribution in [3.05, 3.63) is 73.0 Å². The van der Waals surface area contributed by atoms with Gasteiger partial charge in [0, 0.05) is 44.1 Å². The van der Waals surface area contributed by atoms with Crippen LogP contribution in [-0.2, 0) is 14.1 Å². The van der Waals surface area contributed by atoms with Crippen molar-refractivity contribution in [1.29, 1.82) is 0 Å². The summed E-state index contributed by atoms with van der Waals surface area (Å²) >= 11 is 6.28. The van der Waals surface area contributed by atoms with E-state index in [4.69, 9.17) is 16.6 Å². The van der Waals surface area contributed by atoms with Gasteiger partial charge in [0.25, 0.3) is 5.56 Å². The zero-order valence-electron chi connectivity index (χ0n) is 20.4. The molecule has 8 nitrogen and oxygen atoms in total. The third-order valence-electron chi connectivity index (χ3n) is 6.93. The van der Waals surface area contributed by atoms with Gasteiger partial charge >= 0.3 is 5.69 Å². The van der Waals surface area contributed by atoms with Crippen LogP contribution in [0.5, 0.6) is 0 Å². The van der Waals surface area contributed by atoms with Crippen LogP contribution in [-0.4, -0.2) is 38.2 Å². The topological polar surface area (TPSA) is 80.3 Å². The molecule has 1 N–H and O–H groups in total. The first kappa shape index (κ1) is 23.2. The Bertz CT molecular complexity index is 1580. The fourth-order valence-electron chi connectivity index (χ4n) is 4.76. The lowest BCUT2D eigenvalue weighted by atomic mass is 10.1. The van der Waals surface area contributed by atoms with E-state index in [1.165, 1.54) is 11.1 Å². The summed E-state index contributed by atoms with van der Waals surface area (Å²) in [5.41, 5.74) is 5.94. The molecule has 1 fully saturated rings. The number of aromatic amines is 1. The number of benzene rings is 2. The Morgan fingerprint density at radius 2 is 1.66 bits per heavy atom. The molecule has 0 aliphatic carbocycles. The first-order valence-electron chi connectivity index (χ1n) is 11.8. The molecule has 0 saturated carbocycles. The summed E-state index contributed by atoms with van der Waals surface area (Å²) in [6.45, 7) is 5.66. The Hall–Kier alpha value is -3.52. The second-order valence-electron chi connectivity index (χ2n) is 9.26. The van der Waals surface area contributed by atoms with Gasteiger partial charge in [-0.25, -0.2) is 9.48 Å². The molecule has 0 atom stereocenters. The average molecular weight is 493 g/mol. The monoisotopic (exact) mass is 492 g/mol. The smallest absolute Gasteiger partial charge is 0.328 e. The first-order valence-corrected chi connectivity index (χ1v) is 12.2. The van der Waals surface area contributed by atoms with Gasteiger partial charge in [-0.3, -0.25) is 24.0 Å². The molecule has 35 heavy (non-hydrogen) atoms. The highest BCUT2D eigenvalue weighted by molar-refractivity contribution is 6.31. The number of fused-ring (bicyclic) bond motifs is 1. The van der Waals surface area contributed by atoms with Gasteiger partial charge in [-0.1, -0.05) is 17.7 Å². The third kappa shape index (κ3) is 4.01. The van der Waals surface area contributed by atoms with Gasteiger partial charge in [0.1, 0.15) is 0 Å². The second kappa shape index (κ2) is 8.92. The van der Waals surface area contributed by atoms with E-state index in [-0.39, 0.29) is 11.2 Å². The largest absolute Gasteiger partial charge is 0.370 e. The van der Waals surface area contributed by atoms with Crippen LogP contribution in [0.3, 0.4) is 0 Å². The first-order chi connectivity index (χ1) is 16.8. The Kier molecular flexibility index (Phi) is 5.92. The molecular weight excluding hydrogens is 464 g/mol. The Labute approximate surface area is 208 Å². The molecule has 1 aliphatic heterocycles. The lowest BCUT2D eigenvalue weighted by Gasteiger charge is -2.30. The second-order valence-corrected chi connectivity index (χ2v) is 9.67. The predicted molar refractivity (Wildman–Crippen MR) is 142 cm³/mol. The van der Waals surface area contributed by atoms with Crippen molar-refractivity contribution in [3.63, 3.8) is 0 Å².